The van der Waals surface area contributed by atoms with Crippen LogP contribution in [0.25, 0.3) is 0 Å². The van der Waals surface area contributed by atoms with Crippen molar-refractivity contribution in [3.63, 3.8) is 0 Å². The lowest BCUT2D eigenvalue weighted by Gasteiger charge is -2.20. The van der Waals surface area contributed by atoms with Gasteiger partial charge in [-0.1, -0.05) is 0 Å². The van der Waals surface area contributed by atoms with Gasteiger partial charge in [0.15, 0.2) is 23.0 Å². The minimum atomic E-state index is -0.125. The number of rotatable bonds is 6. The van der Waals surface area contributed by atoms with Gasteiger partial charge in [-0.3, -0.25) is 0 Å². The van der Waals surface area contributed by atoms with E-state index in [1.54, 1.807) is 28.4 Å². The molecule has 0 amide bonds. The number of ether oxygens (including phenoxy) is 8. The van der Waals surface area contributed by atoms with Crippen LogP contribution in [-0.4, -0.2) is 48.4 Å². The van der Waals surface area contributed by atoms with Gasteiger partial charge in [-0.15, -0.1) is 0 Å². The minimum Gasteiger partial charge on any atom is -0.493 e. The Morgan fingerprint density at radius 1 is 0.677 bits per heavy atom. The highest BCUT2D eigenvalue weighted by molar-refractivity contribution is 5.56. The highest BCUT2D eigenvalue weighted by Crippen LogP contribution is 2.54. The fourth-order valence-corrected chi connectivity index (χ4v) is 4.81. The van der Waals surface area contributed by atoms with Crippen molar-refractivity contribution in [1.29, 1.82) is 0 Å². The van der Waals surface area contributed by atoms with E-state index in [9.17, 15) is 0 Å². The van der Waals surface area contributed by atoms with Crippen molar-refractivity contribution in [2.45, 2.75) is 12.2 Å². The van der Waals surface area contributed by atoms with Crippen LogP contribution in [0.15, 0.2) is 24.3 Å². The summed E-state index contributed by atoms with van der Waals surface area (Å²) in [6.45, 7) is 1.37. The van der Waals surface area contributed by atoms with Gasteiger partial charge in [0.2, 0.25) is 18.3 Å². The molecule has 4 atom stereocenters. The third-order valence-electron chi connectivity index (χ3n) is 6.29. The first-order chi connectivity index (χ1) is 15.2. The maximum Gasteiger partial charge on any atom is 0.231 e. The Hall–Kier alpha value is -2.84. The molecule has 166 valence electrons. The van der Waals surface area contributed by atoms with Crippen molar-refractivity contribution < 1.29 is 37.9 Å². The number of methoxy groups -OCH3 is 4. The Morgan fingerprint density at radius 3 is 1.77 bits per heavy atom. The molecular formula is C23H26O8. The standard InChI is InChI=1S/C23H26O8/c1-24-16-5-12(6-17(25-2)22(16)27-4)20-14-9-29-21(15(14)10-28-20)13-7-18(26-3)23-19(8-13)30-11-31-23/h5-8,14-15,20-21H,9-11H2,1-4H3/t14-,15-,20-,21?/m0/s1. The zero-order valence-corrected chi connectivity index (χ0v) is 18.0. The maximum atomic E-state index is 6.26. The smallest absolute Gasteiger partial charge is 0.231 e. The van der Waals surface area contributed by atoms with E-state index < -0.39 is 0 Å². The summed E-state index contributed by atoms with van der Waals surface area (Å²) in [5, 5.41) is 0. The Kier molecular flexibility index (Phi) is 5.19. The molecule has 2 fully saturated rings. The molecule has 2 saturated heterocycles. The molecule has 2 aromatic rings. The summed E-state index contributed by atoms with van der Waals surface area (Å²) in [5.41, 5.74) is 1.98. The highest BCUT2D eigenvalue weighted by atomic mass is 16.7. The molecule has 31 heavy (non-hydrogen) atoms. The van der Waals surface area contributed by atoms with Crippen molar-refractivity contribution in [3.8, 4) is 34.5 Å². The molecular weight excluding hydrogens is 404 g/mol. The van der Waals surface area contributed by atoms with Gasteiger partial charge in [-0.05, 0) is 35.4 Å². The lowest BCUT2D eigenvalue weighted by molar-refractivity contribution is 0.0190. The van der Waals surface area contributed by atoms with Gasteiger partial charge in [0.25, 0.3) is 0 Å². The molecule has 0 aromatic heterocycles. The van der Waals surface area contributed by atoms with Crippen molar-refractivity contribution >= 4 is 0 Å². The SMILES string of the molecule is COc1cc([C@@H]2OC[C@@H]3C(c4cc(OC)c5c(c4)OCO5)OC[C@@H]32)cc(OC)c1OC. The Morgan fingerprint density at radius 2 is 1.23 bits per heavy atom. The van der Waals surface area contributed by atoms with E-state index in [0.717, 1.165) is 11.1 Å². The van der Waals surface area contributed by atoms with E-state index in [-0.39, 0.29) is 30.8 Å². The van der Waals surface area contributed by atoms with E-state index in [2.05, 4.69) is 0 Å². The summed E-state index contributed by atoms with van der Waals surface area (Å²) < 4.78 is 45.6. The quantitative estimate of drug-likeness (QED) is 0.689. The molecule has 2 aromatic carbocycles. The Bertz CT molecular complexity index is 949. The molecule has 0 saturated carbocycles. The van der Waals surface area contributed by atoms with Crippen LogP contribution in [0.5, 0.6) is 34.5 Å². The zero-order chi connectivity index (χ0) is 21.5. The normalized spacial score (nSPS) is 25.9. The van der Waals surface area contributed by atoms with Crippen molar-refractivity contribution in [2.24, 2.45) is 11.8 Å². The summed E-state index contributed by atoms with van der Waals surface area (Å²) in [7, 11) is 6.44. The maximum absolute atomic E-state index is 6.26. The van der Waals surface area contributed by atoms with Crippen LogP contribution in [-0.2, 0) is 9.47 Å². The topological polar surface area (TPSA) is 73.8 Å². The molecule has 0 aliphatic carbocycles. The lowest BCUT2D eigenvalue weighted by atomic mass is 9.84. The molecule has 3 aliphatic heterocycles. The largest absolute Gasteiger partial charge is 0.493 e. The minimum absolute atomic E-state index is 0.111. The number of hydrogen-bond acceptors (Lipinski definition) is 8. The van der Waals surface area contributed by atoms with Crippen LogP contribution in [0.1, 0.15) is 23.3 Å². The van der Waals surface area contributed by atoms with Crippen molar-refractivity contribution in [2.75, 3.05) is 48.4 Å². The summed E-state index contributed by atoms with van der Waals surface area (Å²) in [6.07, 6.45) is -0.236. The molecule has 0 spiro atoms. The first-order valence-electron chi connectivity index (χ1n) is 10.2. The summed E-state index contributed by atoms with van der Waals surface area (Å²) >= 11 is 0. The molecule has 8 heteroatoms. The van der Waals surface area contributed by atoms with E-state index in [0.29, 0.717) is 47.7 Å². The Labute approximate surface area is 180 Å². The van der Waals surface area contributed by atoms with Gasteiger partial charge < -0.3 is 37.9 Å². The molecule has 0 N–H and O–H groups in total. The van der Waals surface area contributed by atoms with Crippen molar-refractivity contribution in [3.05, 3.63) is 35.4 Å². The average molecular weight is 430 g/mol. The molecule has 1 unspecified atom stereocenters. The van der Waals surface area contributed by atoms with Gasteiger partial charge in [0.05, 0.1) is 53.9 Å². The third-order valence-corrected chi connectivity index (χ3v) is 6.29. The van der Waals surface area contributed by atoms with Gasteiger partial charge >= 0.3 is 0 Å². The van der Waals surface area contributed by atoms with Gasteiger partial charge in [-0.2, -0.15) is 0 Å². The molecule has 0 bridgehead atoms. The number of fused-ring (bicyclic) bond motifs is 2. The Balaban J connectivity index is 1.44. The molecule has 5 rings (SSSR count). The van der Waals surface area contributed by atoms with E-state index in [1.807, 2.05) is 24.3 Å². The predicted molar refractivity (Wildman–Crippen MR) is 110 cm³/mol. The van der Waals surface area contributed by atoms with Crippen LogP contribution in [0.2, 0.25) is 0 Å². The first-order valence-corrected chi connectivity index (χ1v) is 10.2. The second-order valence-electron chi connectivity index (χ2n) is 7.75. The predicted octanol–water partition coefficient (Wildman–Crippen LogP) is 3.52. The molecule has 0 radical (unpaired) electrons. The lowest BCUT2D eigenvalue weighted by Crippen LogP contribution is -2.15. The molecule has 3 heterocycles. The van der Waals surface area contributed by atoms with Gasteiger partial charge in [0.1, 0.15) is 0 Å². The summed E-state index contributed by atoms with van der Waals surface area (Å²) in [4.78, 5) is 0. The molecule has 3 aliphatic rings. The van der Waals surface area contributed by atoms with E-state index >= 15 is 0 Å². The second-order valence-corrected chi connectivity index (χ2v) is 7.75. The summed E-state index contributed by atoms with van der Waals surface area (Å²) in [6, 6.07) is 7.84. The highest BCUT2D eigenvalue weighted by Gasteiger charge is 2.48. The fourth-order valence-electron chi connectivity index (χ4n) is 4.81. The third kappa shape index (κ3) is 3.21. The summed E-state index contributed by atoms with van der Waals surface area (Å²) in [5.74, 6) is 4.16. The van der Waals surface area contributed by atoms with Gasteiger partial charge in [-0.25, -0.2) is 0 Å². The van der Waals surface area contributed by atoms with E-state index in [4.69, 9.17) is 37.9 Å². The van der Waals surface area contributed by atoms with Gasteiger partial charge in [0, 0.05) is 11.8 Å². The number of benzene rings is 2. The van der Waals surface area contributed by atoms with Crippen LogP contribution in [0, 0.1) is 11.8 Å². The average Bonchev–Trinajstić information content (AvgIpc) is 3.53. The van der Waals surface area contributed by atoms with Crippen LogP contribution in [0.3, 0.4) is 0 Å². The van der Waals surface area contributed by atoms with E-state index in [1.165, 1.54) is 0 Å². The molecule has 8 nitrogen and oxygen atoms in total. The fraction of sp³-hybridized carbons (Fsp3) is 0.478. The zero-order valence-electron chi connectivity index (χ0n) is 18.0. The van der Waals surface area contributed by atoms with Crippen LogP contribution >= 0.6 is 0 Å². The van der Waals surface area contributed by atoms with Crippen LogP contribution in [0.4, 0.5) is 0 Å². The first kappa shape index (κ1) is 20.1. The van der Waals surface area contributed by atoms with Crippen molar-refractivity contribution in [1.82, 2.24) is 0 Å². The van der Waals surface area contributed by atoms with Crippen LogP contribution < -0.4 is 28.4 Å². The second kappa shape index (κ2) is 8.01. The monoisotopic (exact) mass is 430 g/mol. The number of hydrogen-bond donors (Lipinski definition) is 0.